The van der Waals surface area contributed by atoms with E-state index >= 15 is 0 Å². The van der Waals surface area contributed by atoms with E-state index in [1.54, 1.807) is 0 Å². The van der Waals surface area contributed by atoms with Crippen LogP contribution in [0, 0.1) is 6.92 Å². The van der Waals surface area contributed by atoms with Crippen molar-refractivity contribution < 1.29 is 35.8 Å². The normalized spacial score (nSPS) is 9.62. The van der Waals surface area contributed by atoms with Gasteiger partial charge < -0.3 is 26.5 Å². The highest BCUT2D eigenvalue weighted by atomic mass is 79.9. The summed E-state index contributed by atoms with van der Waals surface area (Å²) in [6.07, 6.45) is 1.83. The standard InChI is InChI=1S/C16H18NO3.BrH/c1-13-15(20-12-14-7-4-3-5-8-14)9-6-10-17(13)11-16(18)19-2;/h3-10H,11-12H2,1-2H3;1H/q+1;/p-1. The summed E-state index contributed by atoms with van der Waals surface area (Å²) in [7, 11) is 1.38. The van der Waals surface area contributed by atoms with Crippen molar-refractivity contribution in [1.29, 1.82) is 0 Å². The second-order valence-electron chi connectivity index (χ2n) is 4.44. The minimum absolute atomic E-state index is 0. The molecular weight excluding hydrogens is 334 g/mol. The first-order chi connectivity index (χ1) is 9.70. The van der Waals surface area contributed by atoms with E-state index in [1.165, 1.54) is 7.11 Å². The second kappa shape index (κ2) is 8.42. The third-order valence-corrected chi connectivity index (χ3v) is 3.07. The van der Waals surface area contributed by atoms with Crippen LogP contribution in [0.5, 0.6) is 5.75 Å². The van der Waals surface area contributed by atoms with Crippen LogP contribution in [0.4, 0.5) is 0 Å². The Morgan fingerprint density at radius 2 is 1.86 bits per heavy atom. The number of methoxy groups -OCH3 is 1. The highest BCUT2D eigenvalue weighted by Gasteiger charge is 2.16. The first-order valence-electron chi connectivity index (χ1n) is 6.43. The molecule has 0 aliphatic rings. The number of hydrogen-bond acceptors (Lipinski definition) is 3. The molecule has 4 nitrogen and oxygen atoms in total. The predicted octanol–water partition coefficient (Wildman–Crippen LogP) is -0.961. The molecule has 2 rings (SSSR count). The second-order valence-corrected chi connectivity index (χ2v) is 4.44. The smallest absolute Gasteiger partial charge is 0.372 e. The summed E-state index contributed by atoms with van der Waals surface area (Å²) in [5.74, 6) is 0.485. The lowest BCUT2D eigenvalue weighted by Gasteiger charge is -2.08. The Bertz CT molecular complexity index is 587. The lowest BCUT2D eigenvalue weighted by atomic mass is 10.2. The van der Waals surface area contributed by atoms with Crippen molar-refractivity contribution in [3.63, 3.8) is 0 Å². The molecule has 5 heteroatoms. The minimum Gasteiger partial charge on any atom is -1.00 e. The topological polar surface area (TPSA) is 39.4 Å². The van der Waals surface area contributed by atoms with Crippen LogP contribution < -0.4 is 26.3 Å². The minimum atomic E-state index is -0.279. The van der Waals surface area contributed by atoms with E-state index in [1.807, 2.05) is 60.2 Å². The van der Waals surface area contributed by atoms with Crippen molar-refractivity contribution in [3.05, 3.63) is 59.9 Å². The molecule has 0 fully saturated rings. The predicted molar refractivity (Wildman–Crippen MR) is 74.2 cm³/mol. The zero-order valence-electron chi connectivity index (χ0n) is 12.1. The maximum absolute atomic E-state index is 11.3. The van der Waals surface area contributed by atoms with Crippen molar-refractivity contribution in [1.82, 2.24) is 0 Å². The number of benzene rings is 1. The molecule has 0 amide bonds. The van der Waals surface area contributed by atoms with E-state index in [-0.39, 0.29) is 29.5 Å². The van der Waals surface area contributed by atoms with Crippen LogP contribution in [0.15, 0.2) is 48.7 Å². The van der Waals surface area contributed by atoms with Crippen LogP contribution in [0.3, 0.4) is 0 Å². The van der Waals surface area contributed by atoms with E-state index in [0.29, 0.717) is 6.61 Å². The van der Waals surface area contributed by atoms with E-state index in [9.17, 15) is 4.79 Å². The average molecular weight is 352 g/mol. The number of aromatic nitrogens is 1. The van der Waals surface area contributed by atoms with E-state index in [2.05, 4.69) is 4.74 Å². The van der Waals surface area contributed by atoms with Gasteiger partial charge in [-0.05, 0) is 11.6 Å². The van der Waals surface area contributed by atoms with Crippen LogP contribution in [0.1, 0.15) is 11.3 Å². The Balaban J connectivity index is 0.00000220. The molecule has 1 heterocycles. The fraction of sp³-hybridized carbons (Fsp3) is 0.250. The third-order valence-electron chi connectivity index (χ3n) is 3.07. The number of pyridine rings is 1. The van der Waals surface area contributed by atoms with Gasteiger partial charge in [0, 0.05) is 13.0 Å². The lowest BCUT2D eigenvalue weighted by molar-refractivity contribution is -0.692. The van der Waals surface area contributed by atoms with Gasteiger partial charge in [-0.1, -0.05) is 30.3 Å². The zero-order chi connectivity index (χ0) is 14.4. The van der Waals surface area contributed by atoms with Gasteiger partial charge in [-0.15, -0.1) is 0 Å². The maximum Gasteiger partial charge on any atom is 0.372 e. The quantitative estimate of drug-likeness (QED) is 0.514. The summed E-state index contributed by atoms with van der Waals surface area (Å²) in [5, 5.41) is 0. The van der Waals surface area contributed by atoms with E-state index in [4.69, 9.17) is 4.74 Å². The van der Waals surface area contributed by atoms with Gasteiger partial charge in [0.2, 0.25) is 12.2 Å². The van der Waals surface area contributed by atoms with Gasteiger partial charge in [-0.2, -0.15) is 4.57 Å². The van der Waals surface area contributed by atoms with Crippen molar-refractivity contribution >= 4 is 5.97 Å². The van der Waals surface area contributed by atoms with Crippen LogP contribution in [-0.2, 0) is 22.7 Å². The Morgan fingerprint density at radius 1 is 1.14 bits per heavy atom. The van der Waals surface area contributed by atoms with Gasteiger partial charge in [-0.25, -0.2) is 4.79 Å². The van der Waals surface area contributed by atoms with Crippen molar-refractivity contribution in [2.24, 2.45) is 0 Å². The van der Waals surface area contributed by atoms with Gasteiger partial charge in [0.1, 0.15) is 6.61 Å². The van der Waals surface area contributed by atoms with E-state index < -0.39 is 0 Å². The van der Waals surface area contributed by atoms with Gasteiger partial charge in [-0.3, -0.25) is 0 Å². The number of esters is 1. The number of carbonyl (C=O) groups is 1. The van der Waals surface area contributed by atoms with Gasteiger partial charge >= 0.3 is 5.97 Å². The molecule has 2 aromatic rings. The average Bonchev–Trinajstić information content (AvgIpc) is 2.49. The van der Waals surface area contributed by atoms with Crippen molar-refractivity contribution in [2.75, 3.05) is 7.11 Å². The molecular formula is C16H18BrNO3. The van der Waals surface area contributed by atoms with Gasteiger partial charge in [0.05, 0.1) is 7.11 Å². The molecule has 1 aromatic carbocycles. The summed E-state index contributed by atoms with van der Waals surface area (Å²) in [4.78, 5) is 11.3. The molecule has 0 aliphatic heterocycles. The number of rotatable bonds is 5. The first-order valence-corrected chi connectivity index (χ1v) is 6.43. The number of nitrogens with zero attached hydrogens (tertiary/aromatic N) is 1. The summed E-state index contributed by atoms with van der Waals surface area (Å²) in [5.41, 5.74) is 2.00. The summed E-state index contributed by atoms with van der Waals surface area (Å²) >= 11 is 0. The van der Waals surface area contributed by atoms with Crippen LogP contribution in [-0.4, -0.2) is 13.1 Å². The van der Waals surface area contributed by atoms with Crippen molar-refractivity contribution in [2.45, 2.75) is 20.1 Å². The monoisotopic (exact) mass is 351 g/mol. The van der Waals surface area contributed by atoms with Crippen LogP contribution >= 0.6 is 0 Å². The molecule has 0 aliphatic carbocycles. The first kappa shape index (κ1) is 17.2. The molecule has 1 aromatic heterocycles. The lowest BCUT2D eigenvalue weighted by Crippen LogP contribution is -3.00. The summed E-state index contributed by atoms with van der Waals surface area (Å²) in [6, 6.07) is 13.7. The van der Waals surface area contributed by atoms with Crippen LogP contribution in [0.25, 0.3) is 0 Å². The fourth-order valence-electron chi connectivity index (χ4n) is 1.87. The Hall–Kier alpha value is -1.88. The molecule has 112 valence electrons. The largest absolute Gasteiger partial charge is 1.00 e. The molecule has 0 N–H and O–H groups in total. The number of carbonyl (C=O) groups excluding carboxylic acids is 1. The van der Waals surface area contributed by atoms with Gasteiger partial charge in [0.15, 0.2) is 11.9 Å². The Labute approximate surface area is 135 Å². The molecule has 0 bridgehead atoms. The molecule has 0 unspecified atom stereocenters. The fourth-order valence-corrected chi connectivity index (χ4v) is 1.87. The van der Waals surface area contributed by atoms with E-state index in [0.717, 1.165) is 17.0 Å². The van der Waals surface area contributed by atoms with Gasteiger partial charge in [0.25, 0.3) is 0 Å². The third kappa shape index (κ3) is 4.86. The maximum atomic E-state index is 11.3. The molecule has 21 heavy (non-hydrogen) atoms. The molecule has 0 saturated heterocycles. The Kier molecular flexibility index (Phi) is 6.88. The van der Waals surface area contributed by atoms with Crippen LogP contribution in [0.2, 0.25) is 0 Å². The highest BCUT2D eigenvalue weighted by Crippen LogP contribution is 2.14. The zero-order valence-corrected chi connectivity index (χ0v) is 13.7. The molecule has 0 radical (unpaired) electrons. The number of halogens is 1. The van der Waals surface area contributed by atoms with Crippen molar-refractivity contribution in [3.8, 4) is 5.75 Å². The SMILES string of the molecule is COC(=O)C[n+]1cccc(OCc2ccccc2)c1C.[Br-]. The molecule has 0 saturated carbocycles. The molecule has 0 spiro atoms. The highest BCUT2D eigenvalue weighted by molar-refractivity contribution is 5.67. The number of hydrogen-bond donors (Lipinski definition) is 0. The number of ether oxygens (including phenoxy) is 2. The summed E-state index contributed by atoms with van der Waals surface area (Å²) in [6.45, 7) is 2.61. The summed E-state index contributed by atoms with van der Waals surface area (Å²) < 4.78 is 12.3. The molecule has 0 atom stereocenters. The Morgan fingerprint density at radius 3 is 2.52 bits per heavy atom.